The van der Waals surface area contributed by atoms with Gasteiger partial charge in [-0.2, -0.15) is 5.10 Å². The number of ether oxygens (including phenoxy) is 1. The molecule has 2 aromatic rings. The monoisotopic (exact) mass is 428 g/mol. The van der Waals surface area contributed by atoms with Crippen LogP contribution in [0.15, 0.2) is 58.1 Å². The molecule has 0 bridgehead atoms. The van der Waals surface area contributed by atoms with Crippen LogP contribution in [0.2, 0.25) is 0 Å². The van der Waals surface area contributed by atoms with Crippen molar-refractivity contribution >= 4 is 34.0 Å². The van der Waals surface area contributed by atoms with Crippen molar-refractivity contribution < 1.29 is 14.3 Å². The SMILES string of the molecule is O=C(Oc1ccc(/C=N\NC(=O)C2CCCCC2)cc1)c1cccc(Br)c1. The Hall–Kier alpha value is -2.47. The van der Waals surface area contributed by atoms with Crippen LogP contribution in [0.1, 0.15) is 48.0 Å². The minimum Gasteiger partial charge on any atom is -0.423 e. The van der Waals surface area contributed by atoms with Crippen LogP contribution < -0.4 is 10.2 Å². The quantitative estimate of drug-likeness (QED) is 0.324. The Bertz CT molecular complexity index is 828. The molecule has 1 amide bonds. The summed E-state index contributed by atoms with van der Waals surface area (Å²) in [7, 11) is 0. The fourth-order valence-corrected chi connectivity index (χ4v) is 3.43. The van der Waals surface area contributed by atoms with E-state index in [1.54, 1.807) is 48.7 Å². The predicted octanol–water partition coefficient (Wildman–Crippen LogP) is 4.70. The predicted molar refractivity (Wildman–Crippen MR) is 108 cm³/mol. The second-order valence-electron chi connectivity index (χ2n) is 6.54. The van der Waals surface area contributed by atoms with E-state index in [1.165, 1.54) is 6.42 Å². The number of hydrogen-bond acceptors (Lipinski definition) is 4. The number of halogens is 1. The van der Waals surface area contributed by atoms with E-state index in [0.29, 0.717) is 11.3 Å². The Balaban J connectivity index is 1.52. The molecule has 27 heavy (non-hydrogen) atoms. The van der Waals surface area contributed by atoms with Crippen molar-refractivity contribution in [3.63, 3.8) is 0 Å². The Morgan fingerprint density at radius 2 is 1.81 bits per heavy atom. The first kappa shape index (κ1) is 19.3. The second kappa shape index (κ2) is 9.46. The normalized spacial score (nSPS) is 14.9. The summed E-state index contributed by atoms with van der Waals surface area (Å²) < 4.78 is 6.18. The second-order valence-corrected chi connectivity index (χ2v) is 7.45. The van der Waals surface area contributed by atoms with E-state index in [4.69, 9.17) is 4.74 Å². The summed E-state index contributed by atoms with van der Waals surface area (Å²) in [5.41, 5.74) is 3.89. The largest absolute Gasteiger partial charge is 0.423 e. The Kier molecular flexibility index (Phi) is 6.76. The van der Waals surface area contributed by atoms with Gasteiger partial charge in [-0.15, -0.1) is 0 Å². The van der Waals surface area contributed by atoms with E-state index in [1.807, 2.05) is 6.07 Å². The summed E-state index contributed by atoms with van der Waals surface area (Å²) in [5.74, 6) is 0.0991. The minimum absolute atomic E-state index is 0.00878. The standard InChI is InChI=1S/C21H21BrN2O3/c22-18-8-4-7-17(13-18)21(26)27-19-11-9-15(10-12-19)14-23-24-20(25)16-5-2-1-3-6-16/h4,7-14,16H,1-3,5-6H2,(H,24,25)/b23-14-. The average Bonchev–Trinajstić information content (AvgIpc) is 2.70. The van der Waals surface area contributed by atoms with Gasteiger partial charge in [-0.05, 0) is 60.9 Å². The van der Waals surface area contributed by atoms with E-state index in [2.05, 4.69) is 26.5 Å². The van der Waals surface area contributed by atoms with Gasteiger partial charge in [0.15, 0.2) is 0 Å². The summed E-state index contributed by atoms with van der Waals surface area (Å²) >= 11 is 3.33. The minimum atomic E-state index is -0.419. The molecule has 2 aromatic carbocycles. The highest BCUT2D eigenvalue weighted by molar-refractivity contribution is 9.10. The van der Waals surface area contributed by atoms with Crippen molar-refractivity contribution in [3.8, 4) is 5.75 Å². The van der Waals surface area contributed by atoms with Gasteiger partial charge in [0, 0.05) is 10.4 Å². The highest BCUT2D eigenvalue weighted by atomic mass is 79.9. The van der Waals surface area contributed by atoms with Crippen LogP contribution in [0.3, 0.4) is 0 Å². The molecule has 0 heterocycles. The molecule has 1 aliphatic carbocycles. The number of esters is 1. The number of benzene rings is 2. The molecule has 0 atom stereocenters. The van der Waals surface area contributed by atoms with Crippen LogP contribution >= 0.6 is 15.9 Å². The molecular formula is C21H21BrN2O3. The van der Waals surface area contributed by atoms with Gasteiger partial charge in [0.25, 0.3) is 0 Å². The van der Waals surface area contributed by atoms with Crippen LogP contribution in [-0.4, -0.2) is 18.1 Å². The fourth-order valence-electron chi connectivity index (χ4n) is 3.03. The average molecular weight is 429 g/mol. The van der Waals surface area contributed by atoms with Crippen molar-refractivity contribution in [2.24, 2.45) is 11.0 Å². The Labute approximate surface area is 166 Å². The van der Waals surface area contributed by atoms with Gasteiger partial charge in [0.1, 0.15) is 5.75 Å². The first-order chi connectivity index (χ1) is 13.1. The first-order valence-electron chi connectivity index (χ1n) is 9.02. The van der Waals surface area contributed by atoms with Crippen LogP contribution in [0, 0.1) is 5.92 Å². The lowest BCUT2D eigenvalue weighted by atomic mass is 9.89. The Morgan fingerprint density at radius 1 is 1.07 bits per heavy atom. The number of amides is 1. The number of nitrogens with zero attached hydrogens (tertiary/aromatic N) is 1. The van der Waals surface area contributed by atoms with Gasteiger partial charge in [-0.25, -0.2) is 10.2 Å². The van der Waals surface area contributed by atoms with Crippen molar-refractivity contribution in [1.29, 1.82) is 0 Å². The molecule has 5 nitrogen and oxygen atoms in total. The maximum atomic E-state index is 12.1. The number of nitrogens with one attached hydrogen (secondary N) is 1. The van der Waals surface area contributed by atoms with Gasteiger partial charge < -0.3 is 4.74 Å². The molecule has 1 aliphatic rings. The molecule has 0 aromatic heterocycles. The lowest BCUT2D eigenvalue weighted by Gasteiger charge is -2.19. The Morgan fingerprint density at radius 3 is 2.52 bits per heavy atom. The third-order valence-corrected chi connectivity index (χ3v) is 5.01. The van der Waals surface area contributed by atoms with E-state index in [-0.39, 0.29) is 11.8 Å². The number of hydrazone groups is 1. The summed E-state index contributed by atoms with van der Waals surface area (Å²) in [4.78, 5) is 24.2. The summed E-state index contributed by atoms with van der Waals surface area (Å²) in [5, 5.41) is 4.03. The van der Waals surface area contributed by atoms with Gasteiger partial charge in [-0.1, -0.05) is 41.3 Å². The van der Waals surface area contributed by atoms with Gasteiger partial charge in [0.05, 0.1) is 11.8 Å². The molecular weight excluding hydrogens is 408 g/mol. The number of carbonyl (C=O) groups is 2. The molecule has 0 unspecified atom stereocenters. The maximum absolute atomic E-state index is 12.1. The number of hydrogen-bond donors (Lipinski definition) is 1. The molecule has 1 N–H and O–H groups in total. The van der Waals surface area contributed by atoms with E-state index in [0.717, 1.165) is 35.7 Å². The topological polar surface area (TPSA) is 67.8 Å². The molecule has 1 saturated carbocycles. The van der Waals surface area contributed by atoms with Crippen LogP contribution in [-0.2, 0) is 4.79 Å². The van der Waals surface area contributed by atoms with Crippen LogP contribution in [0.5, 0.6) is 5.75 Å². The van der Waals surface area contributed by atoms with Gasteiger partial charge in [-0.3, -0.25) is 4.79 Å². The van der Waals surface area contributed by atoms with Gasteiger partial charge >= 0.3 is 5.97 Å². The zero-order valence-electron chi connectivity index (χ0n) is 14.9. The zero-order chi connectivity index (χ0) is 19.1. The number of carbonyl (C=O) groups excluding carboxylic acids is 2. The molecule has 140 valence electrons. The van der Waals surface area contributed by atoms with Gasteiger partial charge in [0.2, 0.25) is 5.91 Å². The summed E-state index contributed by atoms with van der Waals surface area (Å²) in [6.07, 6.45) is 6.91. The molecule has 0 saturated heterocycles. The van der Waals surface area contributed by atoms with E-state index >= 15 is 0 Å². The third kappa shape index (κ3) is 5.76. The number of rotatable bonds is 5. The molecule has 0 spiro atoms. The smallest absolute Gasteiger partial charge is 0.343 e. The van der Waals surface area contributed by atoms with E-state index < -0.39 is 5.97 Å². The third-order valence-electron chi connectivity index (χ3n) is 4.52. The van der Waals surface area contributed by atoms with Crippen molar-refractivity contribution in [2.75, 3.05) is 0 Å². The molecule has 0 aliphatic heterocycles. The molecule has 6 heteroatoms. The van der Waals surface area contributed by atoms with Crippen molar-refractivity contribution in [1.82, 2.24) is 5.43 Å². The summed E-state index contributed by atoms with van der Waals surface area (Å²) in [6, 6.07) is 14.0. The highest BCUT2D eigenvalue weighted by Gasteiger charge is 2.20. The van der Waals surface area contributed by atoms with Crippen LogP contribution in [0.25, 0.3) is 0 Å². The summed E-state index contributed by atoms with van der Waals surface area (Å²) in [6.45, 7) is 0. The van der Waals surface area contributed by atoms with Crippen molar-refractivity contribution in [3.05, 3.63) is 64.1 Å². The van der Waals surface area contributed by atoms with Crippen LogP contribution in [0.4, 0.5) is 0 Å². The lowest BCUT2D eigenvalue weighted by molar-refractivity contribution is -0.125. The molecule has 0 radical (unpaired) electrons. The maximum Gasteiger partial charge on any atom is 0.343 e. The highest BCUT2D eigenvalue weighted by Crippen LogP contribution is 2.23. The fraction of sp³-hybridized carbons (Fsp3) is 0.286. The lowest BCUT2D eigenvalue weighted by Crippen LogP contribution is -2.28. The first-order valence-corrected chi connectivity index (χ1v) is 9.82. The molecule has 3 rings (SSSR count). The van der Waals surface area contributed by atoms with E-state index in [9.17, 15) is 9.59 Å². The zero-order valence-corrected chi connectivity index (χ0v) is 16.4. The van der Waals surface area contributed by atoms with Crippen molar-refractivity contribution in [2.45, 2.75) is 32.1 Å². The molecule has 1 fully saturated rings.